The van der Waals surface area contributed by atoms with Crippen molar-refractivity contribution >= 4 is 38.9 Å². The highest BCUT2D eigenvalue weighted by Crippen LogP contribution is 2.32. The maximum Gasteiger partial charge on any atom is 0.175 e. The summed E-state index contributed by atoms with van der Waals surface area (Å²) in [5.41, 5.74) is 3.82. The van der Waals surface area contributed by atoms with E-state index in [1.165, 1.54) is 17.2 Å². The van der Waals surface area contributed by atoms with Crippen molar-refractivity contribution in [3.8, 4) is 6.07 Å². The van der Waals surface area contributed by atoms with Gasteiger partial charge in [-0.2, -0.15) is 9.64 Å². The van der Waals surface area contributed by atoms with Gasteiger partial charge in [-0.25, -0.2) is 4.98 Å². The first-order valence-corrected chi connectivity index (χ1v) is 9.54. The predicted octanol–water partition coefficient (Wildman–Crippen LogP) is 4.04. The summed E-state index contributed by atoms with van der Waals surface area (Å²) < 4.78 is 4.31. The van der Waals surface area contributed by atoms with Gasteiger partial charge in [0, 0.05) is 31.9 Å². The van der Waals surface area contributed by atoms with Gasteiger partial charge in [0.25, 0.3) is 0 Å². The summed E-state index contributed by atoms with van der Waals surface area (Å²) in [4.78, 5) is 9.08. The number of hydrogen-bond donors (Lipinski definition) is 0. The summed E-state index contributed by atoms with van der Waals surface area (Å²) >= 11 is 1.24. The molecule has 1 fully saturated rings. The van der Waals surface area contributed by atoms with Crippen LogP contribution in [0.25, 0.3) is 11.0 Å². The number of rotatable bonds is 3. The molecule has 3 heterocycles. The summed E-state index contributed by atoms with van der Waals surface area (Å²) in [7, 11) is 2.15. The fourth-order valence-electron chi connectivity index (χ4n) is 3.04. The van der Waals surface area contributed by atoms with Gasteiger partial charge >= 0.3 is 0 Å². The number of fused-ring (bicyclic) bond motifs is 1. The topological polar surface area (TPSA) is 80.8 Å². The molecule has 0 unspecified atom stereocenters. The normalized spacial score (nSPS) is 15.5. The second-order valence-corrected chi connectivity index (χ2v) is 7.35. The Labute approximate surface area is 161 Å². The predicted molar refractivity (Wildman–Crippen MR) is 107 cm³/mol. The van der Waals surface area contributed by atoms with E-state index < -0.39 is 0 Å². The molecule has 0 spiro atoms. The molecule has 0 atom stereocenters. The second-order valence-electron chi connectivity index (χ2n) is 6.60. The highest BCUT2D eigenvalue weighted by Gasteiger charge is 2.14. The minimum atomic E-state index is 0.538. The van der Waals surface area contributed by atoms with Crippen molar-refractivity contribution in [2.24, 2.45) is 10.2 Å². The Morgan fingerprint density at radius 3 is 2.56 bits per heavy atom. The van der Waals surface area contributed by atoms with Crippen LogP contribution in [-0.4, -0.2) is 47.5 Å². The molecule has 0 radical (unpaired) electrons. The summed E-state index contributed by atoms with van der Waals surface area (Å²) in [5, 5.41) is 19.3. The standard InChI is InChI=1S/C19H19N7S/c1-13-14(12-20)11-17-18(21-13)24-27-19(17)23-22-15-3-5-16(6-4-15)26-9-7-25(2)8-10-26/h3-6,11H,7-10H2,1-2H3. The summed E-state index contributed by atoms with van der Waals surface area (Å²) in [6.07, 6.45) is 0. The van der Waals surface area contributed by atoms with Crippen LogP contribution in [0.2, 0.25) is 0 Å². The Balaban J connectivity index is 1.53. The third-order valence-corrected chi connectivity index (χ3v) is 5.48. The smallest absolute Gasteiger partial charge is 0.175 e. The van der Waals surface area contributed by atoms with Gasteiger partial charge in [0.1, 0.15) is 6.07 Å². The molecule has 0 saturated carbocycles. The number of piperazine rings is 1. The molecule has 1 aliphatic rings. The largest absolute Gasteiger partial charge is 0.369 e. The molecule has 0 bridgehead atoms. The zero-order chi connectivity index (χ0) is 18.8. The van der Waals surface area contributed by atoms with E-state index in [0.29, 0.717) is 21.9 Å². The zero-order valence-corrected chi connectivity index (χ0v) is 16.1. The second kappa shape index (κ2) is 7.39. The third-order valence-electron chi connectivity index (χ3n) is 4.74. The van der Waals surface area contributed by atoms with E-state index in [1.807, 2.05) is 12.1 Å². The number of anilines is 1. The lowest BCUT2D eigenvalue weighted by molar-refractivity contribution is 0.313. The van der Waals surface area contributed by atoms with Gasteiger partial charge in [-0.1, -0.05) is 0 Å². The monoisotopic (exact) mass is 377 g/mol. The average molecular weight is 377 g/mol. The van der Waals surface area contributed by atoms with E-state index in [0.717, 1.165) is 37.3 Å². The number of nitriles is 1. The molecule has 1 aliphatic heterocycles. The van der Waals surface area contributed by atoms with Crippen LogP contribution in [0, 0.1) is 18.3 Å². The minimum absolute atomic E-state index is 0.538. The van der Waals surface area contributed by atoms with Crippen molar-refractivity contribution in [1.29, 1.82) is 5.26 Å². The Morgan fingerprint density at radius 1 is 1.11 bits per heavy atom. The van der Waals surface area contributed by atoms with Crippen LogP contribution >= 0.6 is 11.5 Å². The van der Waals surface area contributed by atoms with Crippen molar-refractivity contribution in [1.82, 2.24) is 14.3 Å². The molecule has 8 heteroatoms. The van der Waals surface area contributed by atoms with Gasteiger partial charge < -0.3 is 9.80 Å². The number of nitrogens with zero attached hydrogens (tertiary/aromatic N) is 7. The van der Waals surface area contributed by atoms with Gasteiger partial charge in [0.15, 0.2) is 10.6 Å². The number of pyridine rings is 1. The number of benzene rings is 1. The van der Waals surface area contributed by atoms with Gasteiger partial charge in [0.05, 0.1) is 22.3 Å². The van der Waals surface area contributed by atoms with Crippen LogP contribution in [-0.2, 0) is 0 Å². The van der Waals surface area contributed by atoms with E-state index in [2.05, 4.69) is 54.6 Å². The van der Waals surface area contributed by atoms with E-state index in [-0.39, 0.29) is 0 Å². The van der Waals surface area contributed by atoms with Crippen molar-refractivity contribution in [2.75, 3.05) is 38.1 Å². The molecule has 1 saturated heterocycles. The lowest BCUT2D eigenvalue weighted by Gasteiger charge is -2.34. The van der Waals surface area contributed by atoms with Crippen molar-refractivity contribution in [3.05, 3.63) is 41.6 Å². The quantitative estimate of drug-likeness (QED) is 0.644. The van der Waals surface area contributed by atoms with Crippen LogP contribution in [0.1, 0.15) is 11.3 Å². The van der Waals surface area contributed by atoms with Crippen LogP contribution < -0.4 is 4.90 Å². The van der Waals surface area contributed by atoms with E-state index in [4.69, 9.17) is 0 Å². The minimum Gasteiger partial charge on any atom is -0.369 e. The molecule has 136 valence electrons. The molecule has 4 rings (SSSR count). The number of azo groups is 1. The summed E-state index contributed by atoms with van der Waals surface area (Å²) in [6, 6.07) is 12.1. The van der Waals surface area contributed by atoms with E-state index in [9.17, 15) is 5.26 Å². The first-order chi connectivity index (χ1) is 13.1. The lowest BCUT2D eigenvalue weighted by atomic mass is 10.2. The Morgan fingerprint density at radius 2 is 1.85 bits per heavy atom. The first-order valence-electron chi connectivity index (χ1n) is 8.76. The van der Waals surface area contributed by atoms with Crippen molar-refractivity contribution < 1.29 is 0 Å². The molecular formula is C19H19N7S. The number of aromatic nitrogens is 2. The van der Waals surface area contributed by atoms with Crippen LogP contribution in [0.15, 0.2) is 40.6 Å². The molecule has 0 amide bonds. The van der Waals surface area contributed by atoms with Crippen LogP contribution in [0.5, 0.6) is 0 Å². The van der Waals surface area contributed by atoms with Crippen molar-refractivity contribution in [3.63, 3.8) is 0 Å². The molecular weight excluding hydrogens is 358 g/mol. The van der Waals surface area contributed by atoms with Gasteiger partial charge in [0.2, 0.25) is 0 Å². The van der Waals surface area contributed by atoms with E-state index in [1.54, 1.807) is 13.0 Å². The molecule has 7 nitrogen and oxygen atoms in total. The molecule has 3 aromatic rings. The fraction of sp³-hybridized carbons (Fsp3) is 0.316. The van der Waals surface area contributed by atoms with Gasteiger partial charge in [-0.15, -0.1) is 10.2 Å². The maximum atomic E-state index is 9.19. The maximum absolute atomic E-state index is 9.19. The fourth-order valence-corrected chi connectivity index (χ4v) is 3.68. The highest BCUT2D eigenvalue weighted by molar-refractivity contribution is 7.11. The Hall–Kier alpha value is -2.89. The third kappa shape index (κ3) is 3.65. The lowest BCUT2D eigenvalue weighted by Crippen LogP contribution is -2.44. The number of likely N-dealkylation sites (N-methyl/N-ethyl adjacent to an activating group) is 1. The summed E-state index contributed by atoms with van der Waals surface area (Å²) in [5.74, 6) is 0. The van der Waals surface area contributed by atoms with Crippen LogP contribution in [0.4, 0.5) is 16.4 Å². The molecule has 0 N–H and O–H groups in total. The molecule has 1 aromatic carbocycles. The SMILES string of the molecule is Cc1nc2nsc(N=Nc3ccc(N4CCN(C)CC4)cc3)c2cc1C#N. The number of hydrogen-bond acceptors (Lipinski definition) is 8. The Bertz CT molecular complexity index is 1020. The average Bonchev–Trinajstić information content (AvgIpc) is 3.08. The highest BCUT2D eigenvalue weighted by atomic mass is 32.1. The number of aryl methyl sites for hydroxylation is 1. The first kappa shape index (κ1) is 17.5. The Kier molecular flexibility index (Phi) is 4.79. The van der Waals surface area contributed by atoms with Gasteiger partial charge in [-0.3, -0.25) is 0 Å². The molecule has 27 heavy (non-hydrogen) atoms. The zero-order valence-electron chi connectivity index (χ0n) is 15.3. The molecule has 2 aromatic heterocycles. The van der Waals surface area contributed by atoms with Gasteiger partial charge in [-0.05, 0) is 55.8 Å². The van der Waals surface area contributed by atoms with Crippen LogP contribution in [0.3, 0.4) is 0 Å². The summed E-state index contributed by atoms with van der Waals surface area (Å²) in [6.45, 7) is 6.05. The van der Waals surface area contributed by atoms with Crippen molar-refractivity contribution in [2.45, 2.75) is 6.92 Å². The molecule has 0 aliphatic carbocycles. The van der Waals surface area contributed by atoms with E-state index >= 15 is 0 Å².